The maximum Gasteiger partial charge on any atom is 0.282 e. The molecule has 0 radical (unpaired) electrons. The van der Waals surface area contributed by atoms with Gasteiger partial charge in [0.2, 0.25) is 0 Å². The van der Waals surface area contributed by atoms with Crippen LogP contribution in [0.4, 0.5) is 14.5 Å². The zero-order chi connectivity index (χ0) is 14.7. The summed E-state index contributed by atoms with van der Waals surface area (Å²) in [6.07, 6.45) is -2.70. The van der Waals surface area contributed by atoms with Gasteiger partial charge in [0.1, 0.15) is 11.4 Å². The number of carbonyl (C=O) groups excluding carboxylic acids is 1. The Kier molecular flexibility index (Phi) is 4.49. The molecule has 2 rings (SSSR count). The summed E-state index contributed by atoms with van der Waals surface area (Å²) in [5, 5.41) is 2.39. The van der Waals surface area contributed by atoms with Crippen molar-refractivity contribution in [2.24, 2.45) is 0 Å². The molecule has 1 aromatic heterocycles. The lowest BCUT2D eigenvalue weighted by atomic mass is 10.2. The third-order valence-electron chi connectivity index (χ3n) is 3.41. The van der Waals surface area contributed by atoms with Gasteiger partial charge in [-0.15, -0.1) is 0 Å². The summed E-state index contributed by atoms with van der Waals surface area (Å²) in [5.41, 5.74) is 0.108. The van der Waals surface area contributed by atoms with Crippen LogP contribution in [0, 0.1) is 0 Å². The monoisotopic (exact) mass is 284 g/mol. The van der Waals surface area contributed by atoms with Crippen molar-refractivity contribution in [3.05, 3.63) is 23.5 Å². The number of nitrogens with zero attached hydrogens (tertiary/aromatic N) is 3. The third kappa shape index (κ3) is 3.04. The first-order valence-electron chi connectivity index (χ1n) is 6.47. The van der Waals surface area contributed by atoms with Crippen molar-refractivity contribution in [3.8, 4) is 0 Å². The molecule has 0 aromatic carbocycles. The number of anilines is 1. The molecule has 2 heterocycles. The first-order chi connectivity index (χ1) is 9.52. The van der Waals surface area contributed by atoms with Gasteiger partial charge >= 0.3 is 0 Å². The highest BCUT2D eigenvalue weighted by Gasteiger charge is 2.23. The number of aromatic nitrogens is 1. The first kappa shape index (κ1) is 14.6. The predicted octanol–water partition coefficient (Wildman–Crippen LogP) is 1.13. The van der Waals surface area contributed by atoms with Gasteiger partial charge < -0.3 is 15.1 Å². The SMILES string of the molecule is CNC(=O)c1ccc(N2CCN(C)CC2)c(C(F)F)n1. The Balaban J connectivity index is 2.30. The molecule has 20 heavy (non-hydrogen) atoms. The van der Waals surface area contributed by atoms with Crippen LogP contribution < -0.4 is 10.2 Å². The molecule has 1 amide bonds. The molecule has 0 saturated carbocycles. The second kappa shape index (κ2) is 6.13. The molecule has 110 valence electrons. The summed E-state index contributed by atoms with van der Waals surface area (Å²) >= 11 is 0. The van der Waals surface area contributed by atoms with E-state index in [4.69, 9.17) is 0 Å². The maximum absolute atomic E-state index is 13.2. The van der Waals surface area contributed by atoms with E-state index in [0.717, 1.165) is 13.1 Å². The normalized spacial score (nSPS) is 16.6. The number of nitrogens with one attached hydrogen (secondary N) is 1. The van der Waals surface area contributed by atoms with Gasteiger partial charge in [-0.1, -0.05) is 0 Å². The van der Waals surface area contributed by atoms with Gasteiger partial charge in [0.05, 0.1) is 5.69 Å². The molecule has 0 atom stereocenters. The number of alkyl halides is 2. The van der Waals surface area contributed by atoms with Crippen LogP contribution in [0.2, 0.25) is 0 Å². The average Bonchev–Trinajstić information content (AvgIpc) is 2.46. The largest absolute Gasteiger partial charge is 0.367 e. The Morgan fingerprint density at radius 2 is 1.95 bits per heavy atom. The average molecular weight is 284 g/mol. The number of amides is 1. The highest BCUT2D eigenvalue weighted by Crippen LogP contribution is 2.29. The van der Waals surface area contributed by atoms with Crippen molar-refractivity contribution in [1.29, 1.82) is 0 Å². The van der Waals surface area contributed by atoms with Crippen LogP contribution in [0.1, 0.15) is 22.6 Å². The topological polar surface area (TPSA) is 48.5 Å². The maximum atomic E-state index is 13.2. The van der Waals surface area contributed by atoms with Gasteiger partial charge in [-0.25, -0.2) is 13.8 Å². The van der Waals surface area contributed by atoms with Gasteiger partial charge in [0, 0.05) is 33.2 Å². The van der Waals surface area contributed by atoms with Gasteiger partial charge in [0.15, 0.2) is 0 Å². The second-order valence-electron chi connectivity index (χ2n) is 4.77. The molecule has 1 aromatic rings. The standard InChI is InChI=1S/C13H18F2N4O/c1-16-13(20)9-3-4-10(11(17-9)12(14)15)19-7-5-18(2)6-8-19/h3-4,12H,5-8H2,1-2H3,(H,16,20). The number of piperazine rings is 1. The summed E-state index contributed by atoms with van der Waals surface area (Å²) in [5.74, 6) is -0.461. The Hall–Kier alpha value is -1.76. The lowest BCUT2D eigenvalue weighted by Crippen LogP contribution is -2.45. The molecular weight excluding hydrogens is 266 g/mol. The molecule has 1 aliphatic rings. The Morgan fingerprint density at radius 3 is 2.50 bits per heavy atom. The number of hydrogen-bond donors (Lipinski definition) is 1. The van der Waals surface area contributed by atoms with Crippen molar-refractivity contribution in [2.75, 3.05) is 45.2 Å². The Labute approximate surface area is 116 Å². The fraction of sp³-hybridized carbons (Fsp3) is 0.538. The van der Waals surface area contributed by atoms with E-state index in [0.29, 0.717) is 18.8 Å². The van der Waals surface area contributed by atoms with E-state index >= 15 is 0 Å². The molecule has 0 unspecified atom stereocenters. The number of pyridine rings is 1. The minimum atomic E-state index is -2.70. The van der Waals surface area contributed by atoms with E-state index in [1.54, 1.807) is 6.07 Å². The zero-order valence-corrected chi connectivity index (χ0v) is 11.6. The van der Waals surface area contributed by atoms with Gasteiger partial charge in [-0.3, -0.25) is 4.79 Å². The highest BCUT2D eigenvalue weighted by molar-refractivity contribution is 5.92. The minimum Gasteiger partial charge on any atom is -0.367 e. The van der Waals surface area contributed by atoms with Crippen molar-refractivity contribution in [2.45, 2.75) is 6.43 Å². The van der Waals surface area contributed by atoms with Crippen molar-refractivity contribution < 1.29 is 13.6 Å². The van der Waals surface area contributed by atoms with Crippen LogP contribution >= 0.6 is 0 Å². The Bertz CT molecular complexity index is 487. The van der Waals surface area contributed by atoms with E-state index < -0.39 is 12.3 Å². The van der Waals surface area contributed by atoms with Gasteiger partial charge in [-0.05, 0) is 19.2 Å². The number of hydrogen-bond acceptors (Lipinski definition) is 4. The van der Waals surface area contributed by atoms with E-state index in [1.807, 2.05) is 11.9 Å². The molecule has 7 heteroatoms. The van der Waals surface area contributed by atoms with Crippen LogP contribution in [0.15, 0.2) is 12.1 Å². The number of rotatable bonds is 3. The number of likely N-dealkylation sites (N-methyl/N-ethyl adjacent to an activating group) is 1. The van der Waals surface area contributed by atoms with Crippen LogP contribution in [0.25, 0.3) is 0 Å². The lowest BCUT2D eigenvalue weighted by molar-refractivity contribution is 0.0956. The summed E-state index contributed by atoms with van der Waals surface area (Å²) in [7, 11) is 3.44. The third-order valence-corrected chi connectivity index (χ3v) is 3.41. The smallest absolute Gasteiger partial charge is 0.282 e. The van der Waals surface area contributed by atoms with Crippen LogP contribution in [-0.4, -0.2) is 56.1 Å². The summed E-state index contributed by atoms with van der Waals surface area (Å²) in [6, 6.07) is 3.04. The van der Waals surface area contributed by atoms with Gasteiger partial charge in [0.25, 0.3) is 12.3 Å². The van der Waals surface area contributed by atoms with Crippen LogP contribution in [-0.2, 0) is 0 Å². The number of carbonyl (C=O) groups is 1. The summed E-state index contributed by atoms with van der Waals surface area (Å²) in [4.78, 5) is 19.3. The van der Waals surface area contributed by atoms with Crippen LogP contribution in [0.3, 0.4) is 0 Å². The summed E-state index contributed by atoms with van der Waals surface area (Å²) < 4.78 is 26.4. The van der Waals surface area contributed by atoms with E-state index in [9.17, 15) is 13.6 Å². The molecule has 0 bridgehead atoms. The Morgan fingerprint density at radius 1 is 1.30 bits per heavy atom. The molecule has 0 spiro atoms. The number of halogens is 2. The second-order valence-corrected chi connectivity index (χ2v) is 4.77. The zero-order valence-electron chi connectivity index (χ0n) is 11.6. The minimum absolute atomic E-state index is 0.0145. The molecule has 1 fully saturated rings. The quantitative estimate of drug-likeness (QED) is 0.904. The van der Waals surface area contributed by atoms with E-state index in [2.05, 4.69) is 15.2 Å². The first-order valence-corrected chi connectivity index (χ1v) is 6.47. The molecular formula is C13H18F2N4O. The fourth-order valence-corrected chi connectivity index (χ4v) is 2.20. The fourth-order valence-electron chi connectivity index (χ4n) is 2.20. The molecule has 5 nitrogen and oxygen atoms in total. The van der Waals surface area contributed by atoms with Crippen LogP contribution in [0.5, 0.6) is 0 Å². The van der Waals surface area contributed by atoms with E-state index in [1.165, 1.54) is 13.1 Å². The molecule has 1 aliphatic heterocycles. The highest BCUT2D eigenvalue weighted by atomic mass is 19.3. The molecule has 0 aliphatic carbocycles. The van der Waals surface area contributed by atoms with Crippen molar-refractivity contribution in [1.82, 2.24) is 15.2 Å². The van der Waals surface area contributed by atoms with E-state index in [-0.39, 0.29) is 11.4 Å². The van der Waals surface area contributed by atoms with Gasteiger partial charge in [-0.2, -0.15) is 0 Å². The lowest BCUT2D eigenvalue weighted by Gasteiger charge is -2.34. The molecule has 1 saturated heterocycles. The van der Waals surface area contributed by atoms with Crippen molar-refractivity contribution >= 4 is 11.6 Å². The summed E-state index contributed by atoms with van der Waals surface area (Å²) in [6.45, 7) is 2.99. The molecule has 1 N–H and O–H groups in total. The van der Waals surface area contributed by atoms with Crippen molar-refractivity contribution in [3.63, 3.8) is 0 Å². The predicted molar refractivity (Wildman–Crippen MR) is 72.3 cm³/mol.